The standard InChI is InChI=1S/C11H19N3O/c1-10(2)14(6-3-7-15)9-11-8-12-4-5-13-11/h4-5,8,10,15H,3,6-7,9H2,1-2H3. The first-order valence-corrected chi connectivity index (χ1v) is 5.34. The molecule has 0 bridgehead atoms. The molecule has 0 unspecified atom stereocenters. The molecule has 0 aliphatic carbocycles. The molecule has 0 fully saturated rings. The van der Waals surface area contributed by atoms with Crippen LogP contribution in [-0.4, -0.2) is 39.2 Å². The molecule has 1 rings (SSSR count). The summed E-state index contributed by atoms with van der Waals surface area (Å²) in [6.45, 7) is 6.22. The van der Waals surface area contributed by atoms with Crippen LogP contribution in [-0.2, 0) is 6.54 Å². The monoisotopic (exact) mass is 209 g/mol. The Morgan fingerprint density at radius 1 is 1.40 bits per heavy atom. The van der Waals surface area contributed by atoms with Crippen LogP contribution in [0.1, 0.15) is 26.0 Å². The predicted octanol–water partition coefficient (Wildman–Crippen LogP) is 1.07. The fourth-order valence-corrected chi connectivity index (χ4v) is 1.41. The average molecular weight is 209 g/mol. The molecule has 0 saturated heterocycles. The zero-order valence-electron chi connectivity index (χ0n) is 9.43. The van der Waals surface area contributed by atoms with Gasteiger partial charge in [-0.25, -0.2) is 0 Å². The van der Waals surface area contributed by atoms with Crippen LogP contribution in [0.15, 0.2) is 18.6 Å². The van der Waals surface area contributed by atoms with E-state index >= 15 is 0 Å². The molecule has 0 aliphatic rings. The number of aromatic nitrogens is 2. The van der Waals surface area contributed by atoms with Crippen molar-refractivity contribution >= 4 is 0 Å². The smallest absolute Gasteiger partial charge is 0.0726 e. The topological polar surface area (TPSA) is 49.2 Å². The third-order valence-electron chi connectivity index (χ3n) is 2.32. The fourth-order valence-electron chi connectivity index (χ4n) is 1.41. The Balaban J connectivity index is 2.51. The third-order valence-corrected chi connectivity index (χ3v) is 2.32. The Hall–Kier alpha value is -1.00. The summed E-state index contributed by atoms with van der Waals surface area (Å²) in [4.78, 5) is 10.6. The molecule has 4 nitrogen and oxygen atoms in total. The van der Waals surface area contributed by atoms with Crippen LogP contribution >= 0.6 is 0 Å². The van der Waals surface area contributed by atoms with Crippen molar-refractivity contribution in [1.82, 2.24) is 14.9 Å². The van der Waals surface area contributed by atoms with Crippen molar-refractivity contribution in [3.05, 3.63) is 24.3 Å². The van der Waals surface area contributed by atoms with E-state index in [9.17, 15) is 0 Å². The number of aliphatic hydroxyl groups is 1. The zero-order valence-corrected chi connectivity index (χ0v) is 9.43. The van der Waals surface area contributed by atoms with Gasteiger partial charge in [-0.15, -0.1) is 0 Å². The van der Waals surface area contributed by atoms with Crippen molar-refractivity contribution in [2.75, 3.05) is 13.2 Å². The molecule has 1 aromatic heterocycles. The van der Waals surface area contributed by atoms with Crippen LogP contribution in [0.5, 0.6) is 0 Å². The van der Waals surface area contributed by atoms with Gasteiger partial charge in [0.05, 0.1) is 5.69 Å². The molecule has 0 aromatic carbocycles. The summed E-state index contributed by atoms with van der Waals surface area (Å²) in [5.41, 5.74) is 0.976. The van der Waals surface area contributed by atoms with E-state index in [-0.39, 0.29) is 6.61 Å². The van der Waals surface area contributed by atoms with Crippen molar-refractivity contribution in [2.24, 2.45) is 0 Å². The van der Waals surface area contributed by atoms with Gasteiger partial charge in [-0.2, -0.15) is 0 Å². The van der Waals surface area contributed by atoms with E-state index < -0.39 is 0 Å². The lowest BCUT2D eigenvalue weighted by atomic mass is 10.2. The molecule has 0 aliphatic heterocycles. The first-order valence-electron chi connectivity index (χ1n) is 5.34. The Morgan fingerprint density at radius 2 is 2.20 bits per heavy atom. The van der Waals surface area contributed by atoms with Gasteiger partial charge in [0.15, 0.2) is 0 Å². The minimum absolute atomic E-state index is 0.240. The summed E-state index contributed by atoms with van der Waals surface area (Å²) >= 11 is 0. The molecule has 1 aromatic rings. The predicted molar refractivity (Wildman–Crippen MR) is 59.3 cm³/mol. The summed E-state index contributed by atoms with van der Waals surface area (Å²) in [7, 11) is 0. The Labute approximate surface area is 91.0 Å². The van der Waals surface area contributed by atoms with Gasteiger partial charge in [-0.3, -0.25) is 14.9 Å². The van der Waals surface area contributed by atoms with Crippen LogP contribution in [0, 0.1) is 0 Å². The summed E-state index contributed by atoms with van der Waals surface area (Å²) in [5.74, 6) is 0. The van der Waals surface area contributed by atoms with E-state index in [0.29, 0.717) is 6.04 Å². The summed E-state index contributed by atoms with van der Waals surface area (Å²) in [6.07, 6.45) is 5.98. The van der Waals surface area contributed by atoms with Crippen LogP contribution in [0.3, 0.4) is 0 Å². The van der Waals surface area contributed by atoms with E-state index in [1.54, 1.807) is 18.6 Å². The average Bonchev–Trinajstić information content (AvgIpc) is 2.25. The highest BCUT2D eigenvalue weighted by Crippen LogP contribution is 2.05. The van der Waals surface area contributed by atoms with Crippen molar-refractivity contribution in [1.29, 1.82) is 0 Å². The zero-order chi connectivity index (χ0) is 11.1. The van der Waals surface area contributed by atoms with Gasteiger partial charge in [0, 0.05) is 44.3 Å². The lowest BCUT2D eigenvalue weighted by Crippen LogP contribution is -2.32. The highest BCUT2D eigenvalue weighted by atomic mass is 16.3. The quantitative estimate of drug-likeness (QED) is 0.761. The van der Waals surface area contributed by atoms with Crippen molar-refractivity contribution in [3.63, 3.8) is 0 Å². The third kappa shape index (κ3) is 4.36. The number of hydrogen-bond acceptors (Lipinski definition) is 4. The van der Waals surface area contributed by atoms with Gasteiger partial charge in [-0.05, 0) is 20.3 Å². The highest BCUT2D eigenvalue weighted by molar-refractivity contribution is 4.94. The summed E-state index contributed by atoms with van der Waals surface area (Å²) in [5, 5.41) is 8.81. The molecule has 0 amide bonds. The van der Waals surface area contributed by atoms with Crippen LogP contribution in [0.4, 0.5) is 0 Å². The van der Waals surface area contributed by atoms with Crippen LogP contribution in [0.25, 0.3) is 0 Å². The lowest BCUT2D eigenvalue weighted by Gasteiger charge is -2.25. The Morgan fingerprint density at radius 3 is 2.73 bits per heavy atom. The number of hydrogen-bond donors (Lipinski definition) is 1. The van der Waals surface area contributed by atoms with Gasteiger partial charge >= 0.3 is 0 Å². The van der Waals surface area contributed by atoms with Crippen LogP contribution < -0.4 is 0 Å². The molecule has 1 heterocycles. The molecule has 0 radical (unpaired) electrons. The number of nitrogens with zero attached hydrogens (tertiary/aromatic N) is 3. The maximum absolute atomic E-state index is 8.81. The second kappa shape index (κ2) is 6.48. The van der Waals surface area contributed by atoms with E-state index in [1.807, 2.05) is 0 Å². The Kier molecular flexibility index (Phi) is 5.21. The fraction of sp³-hybridized carbons (Fsp3) is 0.636. The van der Waals surface area contributed by atoms with E-state index in [2.05, 4.69) is 28.7 Å². The molecule has 1 N–H and O–H groups in total. The molecule has 4 heteroatoms. The number of rotatable bonds is 6. The number of aliphatic hydroxyl groups excluding tert-OH is 1. The molecule has 0 saturated carbocycles. The molecular weight excluding hydrogens is 190 g/mol. The molecule has 84 valence electrons. The minimum Gasteiger partial charge on any atom is -0.396 e. The van der Waals surface area contributed by atoms with Gasteiger partial charge in [0.2, 0.25) is 0 Å². The Bertz CT molecular complexity index is 264. The second-order valence-electron chi connectivity index (χ2n) is 3.84. The molecule has 0 atom stereocenters. The first-order chi connectivity index (χ1) is 7.24. The van der Waals surface area contributed by atoms with Crippen LogP contribution in [0.2, 0.25) is 0 Å². The SMILES string of the molecule is CC(C)N(CCCO)Cc1cnccn1. The molecule has 0 spiro atoms. The van der Waals surface area contributed by atoms with Crippen molar-refractivity contribution in [3.8, 4) is 0 Å². The van der Waals surface area contributed by atoms with Gasteiger partial charge in [0.25, 0.3) is 0 Å². The minimum atomic E-state index is 0.240. The van der Waals surface area contributed by atoms with Gasteiger partial charge in [0.1, 0.15) is 0 Å². The lowest BCUT2D eigenvalue weighted by molar-refractivity contribution is 0.183. The van der Waals surface area contributed by atoms with Gasteiger partial charge < -0.3 is 5.11 Å². The second-order valence-corrected chi connectivity index (χ2v) is 3.84. The first kappa shape index (κ1) is 12.1. The maximum Gasteiger partial charge on any atom is 0.0726 e. The maximum atomic E-state index is 8.81. The largest absolute Gasteiger partial charge is 0.396 e. The van der Waals surface area contributed by atoms with E-state index in [1.165, 1.54) is 0 Å². The summed E-state index contributed by atoms with van der Waals surface area (Å²) in [6, 6.07) is 0.457. The normalized spacial score (nSPS) is 11.3. The summed E-state index contributed by atoms with van der Waals surface area (Å²) < 4.78 is 0. The van der Waals surface area contributed by atoms with Crippen molar-refractivity contribution in [2.45, 2.75) is 32.9 Å². The highest BCUT2D eigenvalue weighted by Gasteiger charge is 2.09. The van der Waals surface area contributed by atoms with Crippen molar-refractivity contribution < 1.29 is 5.11 Å². The molecule has 15 heavy (non-hydrogen) atoms. The van der Waals surface area contributed by atoms with E-state index in [4.69, 9.17) is 5.11 Å². The molecular formula is C11H19N3O. The van der Waals surface area contributed by atoms with Gasteiger partial charge in [-0.1, -0.05) is 0 Å². The van der Waals surface area contributed by atoms with E-state index in [0.717, 1.165) is 25.2 Å².